The number of benzene rings is 2. The summed E-state index contributed by atoms with van der Waals surface area (Å²) in [7, 11) is 0. The molecule has 0 saturated heterocycles. The van der Waals surface area contributed by atoms with Crippen molar-refractivity contribution in [3.8, 4) is 11.1 Å². The lowest BCUT2D eigenvalue weighted by atomic mass is 9.92. The van der Waals surface area contributed by atoms with Gasteiger partial charge in [-0.25, -0.2) is 0 Å². The summed E-state index contributed by atoms with van der Waals surface area (Å²) in [5.41, 5.74) is 6.74. The van der Waals surface area contributed by atoms with E-state index in [0.29, 0.717) is 0 Å². The Bertz CT molecular complexity index is 630. The molecule has 0 aliphatic heterocycles. The summed E-state index contributed by atoms with van der Waals surface area (Å²) in [6, 6.07) is 17.5. The third-order valence-electron chi connectivity index (χ3n) is 3.57. The predicted octanol–water partition coefficient (Wildman–Crippen LogP) is 5.40. The van der Waals surface area contributed by atoms with Gasteiger partial charge in [0, 0.05) is 0 Å². The smallest absolute Gasteiger partial charge is 0.0175 e. The van der Waals surface area contributed by atoms with Gasteiger partial charge in [-0.15, -0.1) is 0 Å². The first-order chi connectivity index (χ1) is 9.33. The first kappa shape index (κ1) is 12.0. The highest BCUT2D eigenvalue weighted by Crippen LogP contribution is 2.29. The average molecular weight is 246 g/mol. The van der Waals surface area contributed by atoms with E-state index in [-0.39, 0.29) is 0 Å². The monoisotopic (exact) mass is 246 g/mol. The Morgan fingerprint density at radius 1 is 0.842 bits per heavy atom. The zero-order chi connectivity index (χ0) is 13.1. The fraction of sp³-hybridized carbons (Fsp3) is 0.158. The minimum Gasteiger partial charge on any atom is -0.0842 e. The zero-order valence-corrected chi connectivity index (χ0v) is 11.3. The van der Waals surface area contributed by atoms with Gasteiger partial charge < -0.3 is 0 Å². The van der Waals surface area contributed by atoms with Gasteiger partial charge in [-0.3, -0.25) is 0 Å². The molecule has 0 fully saturated rings. The summed E-state index contributed by atoms with van der Waals surface area (Å²) in [5, 5.41) is 0. The molecule has 19 heavy (non-hydrogen) atoms. The molecule has 0 unspecified atom stereocenters. The van der Waals surface area contributed by atoms with E-state index < -0.39 is 0 Å². The zero-order valence-electron chi connectivity index (χ0n) is 11.3. The van der Waals surface area contributed by atoms with Crippen LogP contribution < -0.4 is 0 Å². The summed E-state index contributed by atoms with van der Waals surface area (Å²) in [6.45, 7) is 2.18. The van der Waals surface area contributed by atoms with E-state index in [9.17, 15) is 0 Å². The van der Waals surface area contributed by atoms with Gasteiger partial charge in [-0.05, 0) is 53.7 Å². The van der Waals surface area contributed by atoms with E-state index in [2.05, 4.69) is 73.7 Å². The molecule has 0 spiro atoms. The van der Waals surface area contributed by atoms with Crippen LogP contribution in [0.1, 0.15) is 24.0 Å². The number of aryl methyl sites for hydroxylation is 1. The molecule has 0 amide bonds. The highest BCUT2D eigenvalue weighted by Gasteiger charge is 2.06. The summed E-state index contributed by atoms with van der Waals surface area (Å²) >= 11 is 0. The second kappa shape index (κ2) is 5.27. The highest BCUT2D eigenvalue weighted by atomic mass is 14.1. The summed E-state index contributed by atoms with van der Waals surface area (Å²) in [4.78, 5) is 0. The van der Waals surface area contributed by atoms with E-state index in [4.69, 9.17) is 0 Å². The highest BCUT2D eigenvalue weighted by molar-refractivity contribution is 5.74. The van der Waals surface area contributed by atoms with Gasteiger partial charge in [-0.2, -0.15) is 0 Å². The van der Waals surface area contributed by atoms with Crippen molar-refractivity contribution in [3.63, 3.8) is 0 Å². The van der Waals surface area contributed by atoms with Crippen molar-refractivity contribution in [1.29, 1.82) is 0 Å². The average Bonchev–Trinajstić information content (AvgIpc) is 2.48. The Hall–Kier alpha value is -2.08. The molecule has 2 aromatic rings. The second-order valence-corrected chi connectivity index (χ2v) is 5.11. The molecule has 0 atom stereocenters. The van der Waals surface area contributed by atoms with Gasteiger partial charge in [0.05, 0.1) is 0 Å². The van der Waals surface area contributed by atoms with Crippen LogP contribution in [-0.2, 0) is 0 Å². The van der Waals surface area contributed by atoms with E-state index in [1.165, 1.54) is 27.8 Å². The van der Waals surface area contributed by atoms with Gasteiger partial charge >= 0.3 is 0 Å². The van der Waals surface area contributed by atoms with Crippen molar-refractivity contribution in [2.75, 3.05) is 0 Å². The van der Waals surface area contributed by atoms with E-state index in [0.717, 1.165) is 12.8 Å². The molecule has 94 valence electrons. The van der Waals surface area contributed by atoms with Crippen LogP contribution in [0.25, 0.3) is 16.7 Å². The van der Waals surface area contributed by atoms with Crippen LogP contribution in [0.2, 0.25) is 0 Å². The van der Waals surface area contributed by atoms with Crippen LogP contribution in [0.4, 0.5) is 0 Å². The minimum absolute atomic E-state index is 1.15. The van der Waals surface area contributed by atoms with Crippen LogP contribution in [0.3, 0.4) is 0 Å². The Labute approximate surface area is 115 Å². The Balaban J connectivity index is 2.06. The molecular formula is C19H18. The summed E-state index contributed by atoms with van der Waals surface area (Å²) < 4.78 is 0. The molecule has 1 aliphatic carbocycles. The SMILES string of the molecule is Cc1cc(C2=CC=CCC2)cc(-c2ccccc2)c1. The fourth-order valence-corrected chi connectivity index (χ4v) is 2.61. The van der Waals surface area contributed by atoms with Gasteiger partial charge in [-0.1, -0.05) is 60.7 Å². The third kappa shape index (κ3) is 2.68. The number of allylic oxidation sites excluding steroid dienone is 4. The molecule has 0 heteroatoms. The lowest BCUT2D eigenvalue weighted by molar-refractivity contribution is 1.05. The van der Waals surface area contributed by atoms with Gasteiger partial charge in [0.25, 0.3) is 0 Å². The Morgan fingerprint density at radius 3 is 2.37 bits per heavy atom. The standard InChI is InChI=1S/C19H18/c1-15-12-18(16-8-4-2-5-9-16)14-19(13-15)17-10-6-3-7-11-17/h2-6,8-10,12-14H,7,11H2,1H3. The molecule has 0 heterocycles. The molecule has 0 aromatic heterocycles. The van der Waals surface area contributed by atoms with Crippen molar-refractivity contribution in [3.05, 3.63) is 77.9 Å². The van der Waals surface area contributed by atoms with Crippen LogP contribution in [0.5, 0.6) is 0 Å². The third-order valence-corrected chi connectivity index (χ3v) is 3.57. The lowest BCUT2D eigenvalue weighted by Crippen LogP contribution is -1.90. The molecule has 0 saturated carbocycles. The van der Waals surface area contributed by atoms with Crippen molar-refractivity contribution < 1.29 is 0 Å². The predicted molar refractivity (Wildman–Crippen MR) is 83.0 cm³/mol. The number of hydrogen-bond donors (Lipinski definition) is 0. The van der Waals surface area contributed by atoms with Gasteiger partial charge in [0.2, 0.25) is 0 Å². The van der Waals surface area contributed by atoms with Crippen molar-refractivity contribution in [2.45, 2.75) is 19.8 Å². The second-order valence-electron chi connectivity index (χ2n) is 5.11. The van der Waals surface area contributed by atoms with Crippen molar-refractivity contribution >= 4 is 5.57 Å². The largest absolute Gasteiger partial charge is 0.0842 e. The van der Waals surface area contributed by atoms with Crippen molar-refractivity contribution in [1.82, 2.24) is 0 Å². The lowest BCUT2D eigenvalue weighted by Gasteiger charge is -2.12. The maximum atomic E-state index is 2.31. The van der Waals surface area contributed by atoms with Crippen LogP contribution in [0.15, 0.2) is 66.8 Å². The van der Waals surface area contributed by atoms with Crippen molar-refractivity contribution in [2.24, 2.45) is 0 Å². The summed E-state index contributed by atoms with van der Waals surface area (Å²) in [6.07, 6.45) is 8.95. The molecule has 2 aromatic carbocycles. The summed E-state index contributed by atoms with van der Waals surface area (Å²) in [5.74, 6) is 0. The normalized spacial score (nSPS) is 14.3. The minimum atomic E-state index is 1.15. The number of rotatable bonds is 2. The van der Waals surface area contributed by atoms with E-state index in [1.807, 2.05) is 0 Å². The molecule has 0 N–H and O–H groups in total. The Kier molecular flexibility index (Phi) is 3.33. The topological polar surface area (TPSA) is 0 Å². The van der Waals surface area contributed by atoms with Gasteiger partial charge in [0.1, 0.15) is 0 Å². The maximum Gasteiger partial charge on any atom is -0.0175 e. The Morgan fingerprint density at radius 2 is 1.63 bits per heavy atom. The van der Waals surface area contributed by atoms with Crippen LogP contribution >= 0.6 is 0 Å². The molecule has 3 rings (SSSR count). The maximum absolute atomic E-state index is 2.31. The molecule has 1 aliphatic rings. The molecule has 0 nitrogen and oxygen atoms in total. The van der Waals surface area contributed by atoms with Gasteiger partial charge in [0.15, 0.2) is 0 Å². The quantitative estimate of drug-likeness (QED) is 0.666. The molecule has 0 radical (unpaired) electrons. The van der Waals surface area contributed by atoms with E-state index >= 15 is 0 Å². The number of hydrogen-bond acceptors (Lipinski definition) is 0. The van der Waals surface area contributed by atoms with Crippen LogP contribution in [0, 0.1) is 6.92 Å². The molecule has 0 bridgehead atoms. The van der Waals surface area contributed by atoms with Crippen LogP contribution in [-0.4, -0.2) is 0 Å². The first-order valence-corrected chi connectivity index (χ1v) is 6.86. The van der Waals surface area contributed by atoms with E-state index in [1.54, 1.807) is 0 Å². The first-order valence-electron chi connectivity index (χ1n) is 6.86. The fourth-order valence-electron chi connectivity index (χ4n) is 2.61. The molecular weight excluding hydrogens is 228 g/mol.